The van der Waals surface area contributed by atoms with Crippen LogP contribution in [0, 0.1) is 5.92 Å². The lowest BCUT2D eigenvalue weighted by atomic mass is 9.84. The first-order valence-electron chi connectivity index (χ1n) is 8.16. The van der Waals surface area contributed by atoms with Crippen molar-refractivity contribution in [2.24, 2.45) is 11.7 Å². The van der Waals surface area contributed by atoms with Crippen molar-refractivity contribution < 1.29 is 9.32 Å². The van der Waals surface area contributed by atoms with Crippen molar-refractivity contribution in [3.8, 4) is 11.3 Å². The minimum absolute atomic E-state index is 0. The molecule has 0 spiro atoms. The number of amides is 1. The largest absolute Gasteiger partial charge is 0.355 e. The zero-order chi connectivity index (χ0) is 16.1. The molecule has 2 aromatic heterocycles. The van der Waals surface area contributed by atoms with Gasteiger partial charge in [0, 0.05) is 36.6 Å². The molecular formula is C17H24Cl2N4O2. The van der Waals surface area contributed by atoms with E-state index in [-0.39, 0.29) is 42.5 Å². The van der Waals surface area contributed by atoms with Crippen LogP contribution in [-0.2, 0) is 0 Å². The Bertz CT molecular complexity index is 645. The molecule has 25 heavy (non-hydrogen) atoms. The average molecular weight is 387 g/mol. The highest BCUT2D eigenvalue weighted by molar-refractivity contribution is 5.93. The van der Waals surface area contributed by atoms with Gasteiger partial charge in [-0.15, -0.1) is 24.8 Å². The number of hydrogen-bond donors (Lipinski definition) is 2. The molecule has 1 fully saturated rings. The van der Waals surface area contributed by atoms with Crippen molar-refractivity contribution in [3.05, 3.63) is 36.3 Å². The zero-order valence-corrected chi connectivity index (χ0v) is 15.5. The summed E-state index contributed by atoms with van der Waals surface area (Å²) in [6.07, 6.45) is 9.32. The molecule has 138 valence electrons. The number of pyridine rings is 1. The summed E-state index contributed by atoms with van der Waals surface area (Å²) < 4.78 is 5.25. The molecule has 0 aliphatic heterocycles. The third kappa shape index (κ3) is 5.42. The van der Waals surface area contributed by atoms with E-state index in [0.717, 1.165) is 18.4 Å². The van der Waals surface area contributed by atoms with E-state index in [1.54, 1.807) is 18.5 Å². The molecule has 8 heteroatoms. The van der Waals surface area contributed by atoms with Crippen LogP contribution in [0.5, 0.6) is 0 Å². The topological polar surface area (TPSA) is 94.0 Å². The minimum atomic E-state index is -0.232. The standard InChI is InChI=1S/C17H22N4O2.2ClH/c18-10-15(12-5-2-1-3-6-12)20-17(22)14-9-16(23-21-14)13-7-4-8-19-11-13;;/h4,7-9,11-12,15H,1-3,5-6,10,18H2,(H,20,22);2*1H. The fourth-order valence-electron chi connectivity index (χ4n) is 3.17. The van der Waals surface area contributed by atoms with Crippen molar-refractivity contribution in [3.63, 3.8) is 0 Å². The normalized spacial score (nSPS) is 15.6. The van der Waals surface area contributed by atoms with Crippen molar-refractivity contribution >= 4 is 30.7 Å². The summed E-state index contributed by atoms with van der Waals surface area (Å²) in [5.41, 5.74) is 6.93. The number of nitrogens with one attached hydrogen (secondary N) is 1. The fourth-order valence-corrected chi connectivity index (χ4v) is 3.17. The Morgan fingerprint density at radius 2 is 2.08 bits per heavy atom. The summed E-state index contributed by atoms with van der Waals surface area (Å²) in [6.45, 7) is 0.448. The molecule has 1 unspecified atom stereocenters. The summed E-state index contributed by atoms with van der Waals surface area (Å²) in [7, 11) is 0. The molecule has 1 amide bonds. The molecule has 2 aromatic rings. The van der Waals surface area contributed by atoms with E-state index in [9.17, 15) is 4.79 Å². The van der Waals surface area contributed by atoms with Gasteiger partial charge in [0.25, 0.3) is 5.91 Å². The van der Waals surface area contributed by atoms with E-state index in [0.29, 0.717) is 18.2 Å². The maximum absolute atomic E-state index is 12.4. The third-order valence-corrected chi connectivity index (χ3v) is 4.48. The summed E-state index contributed by atoms with van der Waals surface area (Å²) in [5.74, 6) is 0.762. The summed E-state index contributed by atoms with van der Waals surface area (Å²) >= 11 is 0. The molecule has 6 nitrogen and oxygen atoms in total. The van der Waals surface area contributed by atoms with Crippen LogP contribution in [0.4, 0.5) is 0 Å². The minimum Gasteiger partial charge on any atom is -0.355 e. The lowest BCUT2D eigenvalue weighted by Crippen LogP contribution is -2.46. The Kier molecular flexibility index (Phi) is 8.89. The Hall–Kier alpha value is -1.63. The molecule has 3 rings (SSSR count). The molecule has 0 radical (unpaired) electrons. The first kappa shape index (κ1) is 21.4. The second-order valence-corrected chi connectivity index (χ2v) is 6.03. The molecule has 0 bridgehead atoms. The van der Waals surface area contributed by atoms with E-state index in [2.05, 4.69) is 15.5 Å². The average Bonchev–Trinajstić information content (AvgIpc) is 3.11. The van der Waals surface area contributed by atoms with Gasteiger partial charge in [0.1, 0.15) is 0 Å². The van der Waals surface area contributed by atoms with E-state index in [1.807, 2.05) is 12.1 Å². The monoisotopic (exact) mass is 386 g/mol. The van der Waals surface area contributed by atoms with Crippen molar-refractivity contribution in [1.82, 2.24) is 15.5 Å². The van der Waals surface area contributed by atoms with Gasteiger partial charge in [-0.2, -0.15) is 0 Å². The number of nitrogens with two attached hydrogens (primary N) is 1. The summed E-state index contributed by atoms with van der Waals surface area (Å²) in [4.78, 5) is 16.4. The van der Waals surface area contributed by atoms with Crippen molar-refractivity contribution in [1.29, 1.82) is 0 Å². The summed E-state index contributed by atoms with van der Waals surface area (Å²) in [6, 6.07) is 5.31. The second kappa shape index (κ2) is 10.4. The second-order valence-electron chi connectivity index (χ2n) is 6.03. The summed E-state index contributed by atoms with van der Waals surface area (Å²) in [5, 5.41) is 6.88. The highest BCUT2D eigenvalue weighted by atomic mass is 35.5. The molecule has 0 aromatic carbocycles. The SMILES string of the molecule is Cl.Cl.NCC(NC(=O)c1cc(-c2cccnc2)on1)C1CCCCC1. The zero-order valence-electron chi connectivity index (χ0n) is 13.9. The fraction of sp³-hybridized carbons (Fsp3) is 0.471. The van der Waals surface area contributed by atoms with E-state index in [4.69, 9.17) is 10.3 Å². The lowest BCUT2D eigenvalue weighted by molar-refractivity contribution is 0.0906. The van der Waals surface area contributed by atoms with E-state index >= 15 is 0 Å². The molecule has 0 saturated heterocycles. The van der Waals surface area contributed by atoms with Gasteiger partial charge >= 0.3 is 0 Å². The maximum atomic E-state index is 12.4. The molecule has 1 atom stereocenters. The quantitative estimate of drug-likeness (QED) is 0.822. The van der Waals surface area contributed by atoms with Gasteiger partial charge in [-0.1, -0.05) is 24.4 Å². The highest BCUT2D eigenvalue weighted by Crippen LogP contribution is 2.26. The number of nitrogens with zero attached hydrogens (tertiary/aromatic N) is 2. The van der Waals surface area contributed by atoms with Crippen LogP contribution >= 0.6 is 24.8 Å². The van der Waals surface area contributed by atoms with Crippen LogP contribution in [0.2, 0.25) is 0 Å². The van der Waals surface area contributed by atoms with Gasteiger partial charge in [0.2, 0.25) is 0 Å². The van der Waals surface area contributed by atoms with Gasteiger partial charge < -0.3 is 15.6 Å². The Morgan fingerprint density at radius 3 is 2.72 bits per heavy atom. The predicted octanol–water partition coefficient (Wildman–Crippen LogP) is 3.22. The van der Waals surface area contributed by atoms with Crippen LogP contribution in [0.15, 0.2) is 35.1 Å². The number of carbonyl (C=O) groups excluding carboxylic acids is 1. The number of hydrogen-bond acceptors (Lipinski definition) is 5. The number of carbonyl (C=O) groups is 1. The van der Waals surface area contributed by atoms with Gasteiger partial charge in [-0.3, -0.25) is 9.78 Å². The lowest BCUT2D eigenvalue weighted by Gasteiger charge is -2.29. The van der Waals surface area contributed by atoms with Crippen LogP contribution in [0.3, 0.4) is 0 Å². The predicted molar refractivity (Wildman–Crippen MR) is 101 cm³/mol. The Labute approximate surface area is 159 Å². The first-order valence-corrected chi connectivity index (χ1v) is 8.16. The van der Waals surface area contributed by atoms with Crippen LogP contribution in [0.25, 0.3) is 11.3 Å². The van der Waals surface area contributed by atoms with Gasteiger partial charge in [0.15, 0.2) is 11.5 Å². The van der Waals surface area contributed by atoms with Crippen LogP contribution in [-0.4, -0.2) is 28.6 Å². The number of halogens is 2. The maximum Gasteiger partial charge on any atom is 0.273 e. The highest BCUT2D eigenvalue weighted by Gasteiger charge is 2.25. The van der Waals surface area contributed by atoms with Gasteiger partial charge in [-0.25, -0.2) is 0 Å². The molecule has 1 aliphatic carbocycles. The van der Waals surface area contributed by atoms with E-state index < -0.39 is 0 Å². The van der Waals surface area contributed by atoms with Gasteiger partial charge in [-0.05, 0) is 30.9 Å². The smallest absolute Gasteiger partial charge is 0.273 e. The van der Waals surface area contributed by atoms with Crippen molar-refractivity contribution in [2.75, 3.05) is 6.54 Å². The van der Waals surface area contributed by atoms with Crippen LogP contribution in [0.1, 0.15) is 42.6 Å². The van der Waals surface area contributed by atoms with E-state index in [1.165, 1.54) is 19.3 Å². The Morgan fingerprint density at radius 1 is 1.32 bits per heavy atom. The van der Waals surface area contributed by atoms with Crippen molar-refractivity contribution in [2.45, 2.75) is 38.1 Å². The molecule has 1 saturated carbocycles. The first-order chi connectivity index (χ1) is 11.3. The molecule has 1 aliphatic rings. The molecule has 3 N–H and O–H groups in total. The third-order valence-electron chi connectivity index (χ3n) is 4.48. The van der Waals surface area contributed by atoms with Gasteiger partial charge in [0.05, 0.1) is 0 Å². The number of aromatic nitrogens is 2. The molecular weight excluding hydrogens is 363 g/mol. The number of rotatable bonds is 5. The van der Waals surface area contributed by atoms with Crippen LogP contribution < -0.4 is 11.1 Å². The Balaban J connectivity index is 0.00000156. The molecule has 2 heterocycles.